The molecule has 1 fully saturated rings. The lowest BCUT2D eigenvalue weighted by Gasteiger charge is -2.39. The van der Waals surface area contributed by atoms with Gasteiger partial charge in [0.15, 0.2) is 0 Å². The highest BCUT2D eigenvalue weighted by Crippen LogP contribution is 2.36. The monoisotopic (exact) mass is 584 g/mol. The van der Waals surface area contributed by atoms with Gasteiger partial charge in [0.2, 0.25) is 0 Å². The molecule has 2 aromatic rings. The molecule has 232 valence electrons. The summed E-state index contributed by atoms with van der Waals surface area (Å²) in [6.07, 6.45) is 3.21. The van der Waals surface area contributed by atoms with Crippen molar-refractivity contribution in [1.82, 2.24) is 5.32 Å². The number of nitrogens with one attached hydrogen (secondary N) is 1. The minimum atomic E-state index is -0.521. The molecule has 0 aliphatic heterocycles. The first kappa shape index (κ1) is 33.2. The fourth-order valence-electron chi connectivity index (χ4n) is 5.32. The predicted molar refractivity (Wildman–Crippen MR) is 165 cm³/mol. The SMILES string of the molecule is CCN(c1cc(-c2ccc(OCCOCCOC)cc2)cc(C(=O)OC)c1C)C1CCC(NC(=O)OC(C)(C)C)CC1. The Hall–Kier alpha value is -3.30. The number of esters is 1. The Bertz CT molecular complexity index is 1150. The molecular weight excluding hydrogens is 536 g/mol. The summed E-state index contributed by atoms with van der Waals surface area (Å²) in [5.74, 6) is 0.395. The van der Waals surface area contributed by atoms with E-state index in [2.05, 4.69) is 23.2 Å². The first-order valence-electron chi connectivity index (χ1n) is 14.8. The van der Waals surface area contributed by atoms with Crippen LogP contribution in [-0.2, 0) is 18.9 Å². The minimum absolute atomic E-state index is 0.0884. The van der Waals surface area contributed by atoms with Crippen molar-refractivity contribution in [2.75, 3.05) is 52.1 Å². The molecule has 1 aliphatic rings. The molecule has 1 aliphatic carbocycles. The van der Waals surface area contributed by atoms with Crippen LogP contribution in [0.1, 0.15) is 69.3 Å². The zero-order valence-corrected chi connectivity index (χ0v) is 26.3. The summed E-state index contributed by atoms with van der Waals surface area (Å²) in [7, 11) is 3.06. The van der Waals surface area contributed by atoms with Gasteiger partial charge >= 0.3 is 12.1 Å². The lowest BCUT2D eigenvalue weighted by molar-refractivity contribution is 0.0490. The second-order valence-electron chi connectivity index (χ2n) is 11.6. The second-order valence-corrected chi connectivity index (χ2v) is 11.6. The zero-order valence-electron chi connectivity index (χ0n) is 26.3. The summed E-state index contributed by atoms with van der Waals surface area (Å²) in [4.78, 5) is 27.5. The minimum Gasteiger partial charge on any atom is -0.491 e. The Balaban J connectivity index is 1.76. The van der Waals surface area contributed by atoms with E-state index in [0.29, 0.717) is 32.0 Å². The Morgan fingerprint density at radius 3 is 2.19 bits per heavy atom. The van der Waals surface area contributed by atoms with E-state index < -0.39 is 5.60 Å². The van der Waals surface area contributed by atoms with Crippen LogP contribution >= 0.6 is 0 Å². The fraction of sp³-hybridized carbons (Fsp3) is 0.576. The van der Waals surface area contributed by atoms with Crippen LogP contribution in [0.2, 0.25) is 0 Å². The second kappa shape index (κ2) is 15.8. The van der Waals surface area contributed by atoms with Crippen molar-refractivity contribution < 1.29 is 33.3 Å². The molecule has 0 aromatic heterocycles. The van der Waals surface area contributed by atoms with E-state index in [4.69, 9.17) is 23.7 Å². The largest absolute Gasteiger partial charge is 0.491 e. The Morgan fingerprint density at radius 1 is 0.929 bits per heavy atom. The first-order chi connectivity index (χ1) is 20.1. The summed E-state index contributed by atoms with van der Waals surface area (Å²) >= 11 is 0. The number of carbonyl (C=O) groups excluding carboxylic acids is 2. The van der Waals surface area contributed by atoms with Crippen molar-refractivity contribution >= 4 is 17.7 Å². The Morgan fingerprint density at radius 2 is 1.60 bits per heavy atom. The van der Waals surface area contributed by atoms with Crippen molar-refractivity contribution in [3.05, 3.63) is 47.5 Å². The third kappa shape index (κ3) is 9.63. The highest BCUT2D eigenvalue weighted by molar-refractivity contribution is 5.95. The van der Waals surface area contributed by atoms with Crippen LogP contribution in [0.4, 0.5) is 10.5 Å². The molecule has 0 spiro atoms. The van der Waals surface area contributed by atoms with E-state index in [9.17, 15) is 9.59 Å². The van der Waals surface area contributed by atoms with Gasteiger partial charge in [0.1, 0.15) is 18.0 Å². The Labute approximate surface area is 250 Å². The predicted octanol–water partition coefficient (Wildman–Crippen LogP) is 6.15. The van der Waals surface area contributed by atoms with Crippen molar-refractivity contribution in [1.29, 1.82) is 0 Å². The van der Waals surface area contributed by atoms with E-state index in [1.165, 1.54) is 7.11 Å². The summed E-state index contributed by atoms with van der Waals surface area (Å²) in [6, 6.07) is 12.3. The average Bonchev–Trinajstić information content (AvgIpc) is 2.96. The number of nitrogens with zero attached hydrogens (tertiary/aromatic N) is 1. The molecule has 42 heavy (non-hydrogen) atoms. The highest BCUT2D eigenvalue weighted by atomic mass is 16.6. The van der Waals surface area contributed by atoms with Gasteiger partial charge < -0.3 is 33.9 Å². The van der Waals surface area contributed by atoms with Crippen LogP contribution in [0.25, 0.3) is 11.1 Å². The van der Waals surface area contributed by atoms with E-state index in [1.807, 2.05) is 58.0 Å². The molecule has 0 unspecified atom stereocenters. The van der Waals surface area contributed by atoms with Crippen molar-refractivity contribution in [3.63, 3.8) is 0 Å². The first-order valence-corrected chi connectivity index (χ1v) is 14.8. The number of amides is 1. The van der Waals surface area contributed by atoms with Crippen LogP contribution < -0.4 is 15.0 Å². The van der Waals surface area contributed by atoms with E-state index in [1.54, 1.807) is 7.11 Å². The summed E-state index contributed by atoms with van der Waals surface area (Å²) in [5, 5.41) is 3.03. The Kier molecular flexibility index (Phi) is 12.5. The number of alkyl carbamates (subject to hydrolysis) is 1. The van der Waals surface area contributed by atoms with Gasteiger partial charge in [-0.15, -0.1) is 0 Å². The number of hydrogen-bond acceptors (Lipinski definition) is 8. The molecule has 9 heteroatoms. The molecule has 0 heterocycles. The maximum atomic E-state index is 12.8. The number of benzene rings is 2. The number of carbonyl (C=O) groups is 2. The maximum Gasteiger partial charge on any atom is 0.407 e. The number of anilines is 1. The van der Waals surface area contributed by atoms with Crippen LogP contribution in [0.15, 0.2) is 36.4 Å². The normalized spacial score (nSPS) is 16.9. The molecule has 2 aromatic carbocycles. The number of rotatable bonds is 13. The van der Waals surface area contributed by atoms with Gasteiger partial charge in [-0.2, -0.15) is 0 Å². The van der Waals surface area contributed by atoms with Crippen molar-refractivity contribution in [2.45, 2.75) is 78.0 Å². The van der Waals surface area contributed by atoms with Gasteiger partial charge in [-0.05, 0) is 101 Å². The third-order valence-electron chi connectivity index (χ3n) is 7.41. The fourth-order valence-corrected chi connectivity index (χ4v) is 5.32. The van der Waals surface area contributed by atoms with Gasteiger partial charge in [-0.25, -0.2) is 9.59 Å². The molecule has 0 radical (unpaired) electrons. The van der Waals surface area contributed by atoms with Crippen LogP contribution in [-0.4, -0.2) is 76.9 Å². The molecule has 1 saturated carbocycles. The summed E-state index contributed by atoms with van der Waals surface area (Å²) in [6.45, 7) is 12.5. The molecule has 0 atom stereocenters. The average molecular weight is 585 g/mol. The van der Waals surface area contributed by atoms with Gasteiger partial charge in [0, 0.05) is 31.4 Å². The number of methoxy groups -OCH3 is 2. The maximum absolute atomic E-state index is 12.8. The molecule has 3 rings (SSSR count). The quantitative estimate of drug-likeness (QED) is 0.221. The lowest BCUT2D eigenvalue weighted by atomic mass is 9.89. The van der Waals surface area contributed by atoms with Gasteiger partial charge in [-0.3, -0.25) is 0 Å². The third-order valence-corrected chi connectivity index (χ3v) is 7.41. The zero-order chi connectivity index (χ0) is 30.7. The highest BCUT2D eigenvalue weighted by Gasteiger charge is 2.29. The van der Waals surface area contributed by atoms with Gasteiger partial charge in [-0.1, -0.05) is 12.1 Å². The van der Waals surface area contributed by atoms with E-state index in [-0.39, 0.29) is 24.1 Å². The van der Waals surface area contributed by atoms with Crippen LogP contribution in [0.3, 0.4) is 0 Å². The number of hydrogen-bond donors (Lipinski definition) is 1. The molecule has 0 bridgehead atoms. The van der Waals surface area contributed by atoms with Gasteiger partial charge in [0.25, 0.3) is 0 Å². The van der Waals surface area contributed by atoms with Crippen molar-refractivity contribution in [3.8, 4) is 16.9 Å². The molecule has 9 nitrogen and oxygen atoms in total. The van der Waals surface area contributed by atoms with Crippen molar-refractivity contribution in [2.24, 2.45) is 0 Å². The lowest BCUT2D eigenvalue weighted by Crippen LogP contribution is -2.45. The smallest absolute Gasteiger partial charge is 0.407 e. The summed E-state index contributed by atoms with van der Waals surface area (Å²) < 4.78 is 26.8. The van der Waals surface area contributed by atoms with Crippen LogP contribution in [0, 0.1) is 6.92 Å². The molecule has 0 saturated heterocycles. The standard InChI is InChI=1S/C33H48N2O7/c1-8-35(27-13-11-26(12-14-27)34-32(37)42-33(3,4)5)30-22-25(21-29(23(30)2)31(36)39-7)24-9-15-28(16-10-24)41-20-19-40-18-17-38-6/h9-10,15-16,21-22,26-27H,8,11-14,17-20H2,1-7H3,(H,34,37). The van der Waals surface area contributed by atoms with Gasteiger partial charge in [0.05, 0.1) is 32.5 Å². The molecule has 1 amide bonds. The molecule has 1 N–H and O–H groups in total. The molecular formula is C33H48N2O7. The topological polar surface area (TPSA) is 95.6 Å². The number of ether oxygens (including phenoxy) is 5. The van der Waals surface area contributed by atoms with E-state index in [0.717, 1.165) is 60.4 Å². The van der Waals surface area contributed by atoms with E-state index >= 15 is 0 Å². The van der Waals surface area contributed by atoms with Crippen LogP contribution in [0.5, 0.6) is 5.75 Å². The summed E-state index contributed by atoms with van der Waals surface area (Å²) in [5.41, 5.74) is 3.86.